The molecule has 8 bridgehead atoms. The zero-order valence-corrected chi connectivity index (χ0v) is 30.1. The molecule has 264 valence electrons. The number of H-pyrrole nitrogens is 4. The molecule has 0 unspecified atom stereocenters. The van der Waals surface area contributed by atoms with Gasteiger partial charge in [0.15, 0.2) is 5.78 Å². The number of nitrogens with one attached hydrogen (secondary N) is 5. The Balaban J connectivity index is 1.85. The van der Waals surface area contributed by atoms with Gasteiger partial charge in [-0.25, -0.2) is 0 Å². The number of nitrogens with two attached hydrogens (primary N) is 1. The van der Waals surface area contributed by atoms with Crippen LogP contribution >= 0.6 is 25.3 Å². The molecule has 4 aromatic heterocycles. The summed E-state index contributed by atoms with van der Waals surface area (Å²) in [6.07, 6.45) is 6.15. The zero-order chi connectivity index (χ0) is 36.4. The number of aliphatic carboxylic acids is 2. The molecular weight excluding hydrogens is 677 g/mol. The summed E-state index contributed by atoms with van der Waals surface area (Å²) in [5.41, 5.74) is 13.9. The summed E-state index contributed by atoms with van der Waals surface area (Å²) in [7, 11) is 0. The van der Waals surface area contributed by atoms with Crippen LogP contribution in [0.15, 0.2) is 12.1 Å². The van der Waals surface area contributed by atoms with Crippen molar-refractivity contribution in [1.82, 2.24) is 25.3 Å². The minimum atomic E-state index is -0.992. The highest BCUT2D eigenvalue weighted by Gasteiger charge is 2.28. The van der Waals surface area contributed by atoms with Gasteiger partial charge in [0, 0.05) is 57.5 Å². The summed E-state index contributed by atoms with van der Waals surface area (Å²) in [4.78, 5) is 64.2. The molecule has 5 heterocycles. The van der Waals surface area contributed by atoms with Crippen molar-refractivity contribution in [3.8, 4) is 0 Å². The number of fused-ring (bicyclic) bond motifs is 8. The van der Waals surface area contributed by atoms with Crippen molar-refractivity contribution in [3.63, 3.8) is 0 Å². The summed E-state index contributed by atoms with van der Waals surface area (Å²) in [6.45, 7) is 7.65. The third-order valence-electron chi connectivity index (χ3n) is 9.16. The van der Waals surface area contributed by atoms with Gasteiger partial charge in [-0.15, -0.1) is 0 Å². The summed E-state index contributed by atoms with van der Waals surface area (Å²) in [6, 6.07) is 1.90. The van der Waals surface area contributed by atoms with Crippen molar-refractivity contribution in [2.75, 3.05) is 11.5 Å². The predicted octanol–water partition coefficient (Wildman–Crippen LogP) is 0.507. The van der Waals surface area contributed by atoms with Gasteiger partial charge in [0.25, 0.3) is 0 Å². The molecule has 0 aromatic carbocycles. The number of rotatable bonds is 12. The van der Waals surface area contributed by atoms with E-state index in [-0.39, 0.29) is 43.0 Å². The Morgan fingerprint density at radius 2 is 1.42 bits per heavy atom. The number of hydrogen-bond donors (Lipinski definition) is 10. The molecule has 5 rings (SSSR count). The number of carbonyl (C=O) groups excluding carboxylic acids is 2. The number of aromatic nitrogens is 4. The number of Topliss-reactive ketones (excluding diaryl/α,β-unsaturated/α-hetero) is 1. The smallest absolute Gasteiger partial charge is 0.303 e. The number of amides is 1. The Hall–Kier alpha value is -4.66. The van der Waals surface area contributed by atoms with Gasteiger partial charge in [-0.1, -0.05) is 0 Å². The Labute approximate surface area is 298 Å². The van der Waals surface area contributed by atoms with Crippen LogP contribution in [0.3, 0.4) is 0 Å². The maximum absolute atomic E-state index is 14.4. The minimum Gasteiger partial charge on any atom is -0.481 e. The molecule has 0 radical (unpaired) electrons. The van der Waals surface area contributed by atoms with Gasteiger partial charge in [0.1, 0.15) is 6.04 Å². The second kappa shape index (κ2) is 15.1. The first kappa shape index (κ1) is 36.6. The normalized spacial score (nSPS) is 13.5. The van der Waals surface area contributed by atoms with Crippen LogP contribution < -0.4 is 32.4 Å². The lowest BCUT2D eigenvalue weighted by molar-refractivity contribution is -0.138. The van der Waals surface area contributed by atoms with Gasteiger partial charge in [0.2, 0.25) is 5.91 Å². The number of carbonyl (C=O) groups is 4. The summed E-state index contributed by atoms with van der Waals surface area (Å²) >= 11 is 8.53. The highest BCUT2D eigenvalue weighted by molar-refractivity contribution is 7.80. The molecule has 0 saturated heterocycles. The largest absolute Gasteiger partial charge is 0.481 e. The number of carboxylic acid groups (broad SMARTS) is 2. The first-order valence-electron chi connectivity index (χ1n) is 16.2. The molecule has 0 aliphatic carbocycles. The molecule has 0 spiro atoms. The Morgan fingerprint density at radius 1 is 0.760 bits per heavy atom. The fourth-order valence-corrected chi connectivity index (χ4v) is 6.77. The SMILES string of the molecule is Cc1cc2[nH]c1C=c1[nH]c(c(CCC(=O)O)c1C)=Cc1[nH]c(c(C)c1CCC(=O)O)C=c1cc(C)c([nH]1)=C2C(=O)[C@H](CS)NC(=O)[C@@H](N)CS. The van der Waals surface area contributed by atoms with Crippen LogP contribution in [0.5, 0.6) is 0 Å². The lowest BCUT2D eigenvalue weighted by Crippen LogP contribution is -2.50. The molecule has 4 aromatic rings. The van der Waals surface area contributed by atoms with Crippen LogP contribution in [0.1, 0.15) is 69.0 Å². The minimum absolute atomic E-state index is 0.0222. The topological polar surface area (TPSA) is 210 Å². The Morgan fingerprint density at radius 3 is 2.06 bits per heavy atom. The molecule has 1 amide bonds. The first-order valence-corrected chi connectivity index (χ1v) is 17.5. The number of hydrogen-bond acceptors (Lipinski definition) is 7. The second-order valence-electron chi connectivity index (χ2n) is 12.7. The van der Waals surface area contributed by atoms with Crippen molar-refractivity contribution in [1.29, 1.82) is 0 Å². The van der Waals surface area contributed by atoms with Crippen molar-refractivity contribution >= 4 is 72.7 Å². The Kier molecular flexibility index (Phi) is 11.0. The van der Waals surface area contributed by atoms with Crippen LogP contribution in [-0.2, 0) is 32.0 Å². The summed E-state index contributed by atoms with van der Waals surface area (Å²) < 4.78 is 0. The standard InChI is InChI=1S/C36H42N6O6S2/c1-16-10-29-33(35(47)30(15-50)42-36(48)23(37)14-49)34-17(2)9-20(38-34)11-25-18(3)21(5-7-31(43)44)27(40-25)13-28-22(6-8-32(45)46)19(4)26(41-28)12-24(16)39-29/h9-13,23,30,38-41,49-50H,5-8,14-15,37H2,1-4H3,(H,42,48)(H,43,44)(H,45,46)/t23-,30-/m0/s1. The molecule has 0 fully saturated rings. The van der Waals surface area contributed by atoms with E-state index in [1.807, 2.05) is 58.1 Å². The van der Waals surface area contributed by atoms with Gasteiger partial charge in [-0.2, -0.15) is 25.3 Å². The molecular formula is C36H42N6O6S2. The number of carboxylic acids is 2. The van der Waals surface area contributed by atoms with E-state index in [1.165, 1.54) is 0 Å². The van der Waals surface area contributed by atoms with E-state index in [1.54, 1.807) is 0 Å². The van der Waals surface area contributed by atoms with E-state index in [2.05, 4.69) is 50.5 Å². The second-order valence-corrected chi connectivity index (χ2v) is 13.4. The molecule has 50 heavy (non-hydrogen) atoms. The molecule has 0 saturated carbocycles. The van der Waals surface area contributed by atoms with Crippen molar-refractivity contribution in [2.45, 2.75) is 65.5 Å². The quantitative estimate of drug-likeness (QED) is 0.0938. The fourth-order valence-electron chi connectivity index (χ4n) is 6.35. The van der Waals surface area contributed by atoms with Crippen molar-refractivity contribution in [3.05, 3.63) is 89.7 Å². The van der Waals surface area contributed by atoms with Crippen LogP contribution in [0.4, 0.5) is 0 Å². The number of aryl methyl sites for hydroxylation is 2. The molecule has 14 heteroatoms. The van der Waals surface area contributed by atoms with Gasteiger partial charge in [-0.3, -0.25) is 19.2 Å². The molecule has 1 aliphatic rings. The molecule has 1 aliphatic heterocycles. The van der Waals surface area contributed by atoms with Crippen molar-refractivity contribution < 1.29 is 29.4 Å². The lowest BCUT2D eigenvalue weighted by atomic mass is 10.00. The van der Waals surface area contributed by atoms with E-state index in [4.69, 9.17) is 5.73 Å². The van der Waals surface area contributed by atoms with E-state index in [9.17, 15) is 29.4 Å². The molecule has 9 N–H and O–H groups in total. The van der Waals surface area contributed by atoms with Gasteiger partial charge < -0.3 is 41.2 Å². The summed E-state index contributed by atoms with van der Waals surface area (Å²) in [5, 5.41) is 24.5. The molecule has 12 nitrogen and oxygen atoms in total. The van der Waals surface area contributed by atoms with Crippen molar-refractivity contribution in [2.24, 2.45) is 5.73 Å². The van der Waals surface area contributed by atoms with Gasteiger partial charge in [0.05, 0.1) is 22.7 Å². The maximum atomic E-state index is 14.4. The van der Waals surface area contributed by atoms with E-state index in [0.29, 0.717) is 33.0 Å². The zero-order valence-electron chi connectivity index (χ0n) is 28.3. The number of aromatic amines is 4. The number of ketones is 1. The highest BCUT2D eigenvalue weighted by atomic mass is 32.1. The van der Waals surface area contributed by atoms with Gasteiger partial charge >= 0.3 is 11.9 Å². The van der Waals surface area contributed by atoms with E-state index < -0.39 is 29.9 Å². The maximum Gasteiger partial charge on any atom is 0.303 e. The van der Waals surface area contributed by atoms with Crippen LogP contribution in [0.2, 0.25) is 0 Å². The van der Waals surface area contributed by atoms with E-state index >= 15 is 0 Å². The Bertz CT molecular complexity index is 2260. The van der Waals surface area contributed by atoms with Gasteiger partial charge in [-0.05, 0) is 104 Å². The van der Waals surface area contributed by atoms with Crippen LogP contribution in [-0.4, -0.2) is 77.4 Å². The van der Waals surface area contributed by atoms with Crippen LogP contribution in [0, 0.1) is 27.7 Å². The number of thiol groups is 2. The average molecular weight is 719 g/mol. The monoisotopic (exact) mass is 718 g/mol. The lowest BCUT2D eigenvalue weighted by Gasteiger charge is -2.19. The van der Waals surface area contributed by atoms with E-state index in [0.717, 1.165) is 50.1 Å². The fraction of sp³-hybridized carbons (Fsp3) is 0.333. The highest BCUT2D eigenvalue weighted by Crippen LogP contribution is 2.23. The van der Waals surface area contributed by atoms with Crippen LogP contribution in [0.25, 0.3) is 23.8 Å². The third-order valence-corrected chi connectivity index (χ3v) is 9.92. The summed E-state index contributed by atoms with van der Waals surface area (Å²) in [5.74, 6) is -2.60. The third kappa shape index (κ3) is 7.57. The predicted molar refractivity (Wildman–Crippen MR) is 198 cm³/mol. The first-order chi connectivity index (χ1) is 23.7. The molecule has 2 atom stereocenters. The average Bonchev–Trinajstić information content (AvgIpc) is 3.77.